The van der Waals surface area contributed by atoms with E-state index < -0.39 is 29.7 Å². The number of cyclic esters (lactones) is 1. The smallest absolute Gasteiger partial charge is 0.312 e. The van der Waals surface area contributed by atoms with Crippen LogP contribution in [0, 0.1) is 23.7 Å². The molecule has 2 rings (SSSR count). The average molecular weight is 491 g/mol. The van der Waals surface area contributed by atoms with Crippen molar-refractivity contribution in [1.29, 1.82) is 0 Å². The zero-order valence-corrected chi connectivity index (χ0v) is 22.3. The fraction of sp³-hybridized carbons (Fsp3) is 0.769. The van der Waals surface area contributed by atoms with Gasteiger partial charge in [0.1, 0.15) is 11.9 Å². The van der Waals surface area contributed by atoms with Crippen molar-refractivity contribution in [3.05, 3.63) is 18.2 Å². The minimum absolute atomic E-state index is 0.0111. The van der Waals surface area contributed by atoms with Crippen molar-refractivity contribution in [2.75, 3.05) is 25.0 Å². The second-order valence-corrected chi connectivity index (χ2v) is 10.8. The fourth-order valence-electron chi connectivity index (χ4n) is 5.12. The molecule has 5 N–H and O–H groups in total. The zero-order chi connectivity index (χ0) is 26.2. The van der Waals surface area contributed by atoms with Crippen LogP contribution in [0.15, 0.2) is 18.2 Å². The lowest BCUT2D eigenvalue weighted by molar-refractivity contribution is -0.172. The van der Waals surface area contributed by atoms with E-state index in [0.717, 1.165) is 18.6 Å². The monoisotopic (exact) mass is 491 g/mol. The summed E-state index contributed by atoms with van der Waals surface area (Å²) in [4.78, 5) is 17.7. The molecule has 0 aromatic carbocycles. The highest BCUT2D eigenvalue weighted by molar-refractivity contribution is 6.30. The van der Waals surface area contributed by atoms with Crippen molar-refractivity contribution in [3.63, 3.8) is 0 Å². The molecule has 198 valence electrons. The fourth-order valence-corrected chi connectivity index (χ4v) is 5.12. The van der Waals surface area contributed by atoms with E-state index in [2.05, 4.69) is 22.5 Å². The number of aromatic nitrogens is 1. The van der Waals surface area contributed by atoms with Gasteiger partial charge in [-0.15, -0.1) is 0 Å². The van der Waals surface area contributed by atoms with Gasteiger partial charge in [0.05, 0.1) is 17.6 Å². The Bertz CT molecular complexity index is 800. The molecule has 1 saturated heterocycles. The molecule has 35 heavy (non-hydrogen) atoms. The van der Waals surface area contributed by atoms with Gasteiger partial charge in [0.15, 0.2) is 7.85 Å². The summed E-state index contributed by atoms with van der Waals surface area (Å²) in [5.41, 5.74) is -0.602. The number of hydrogen-bond acceptors (Lipinski definition) is 8. The number of aliphatic hydroxyl groups is 3. The Kier molecular flexibility index (Phi) is 11.5. The van der Waals surface area contributed by atoms with Gasteiger partial charge in [-0.1, -0.05) is 32.9 Å². The van der Waals surface area contributed by atoms with E-state index in [1.165, 1.54) is 0 Å². The topological polar surface area (TPSA) is 124 Å². The first kappa shape index (κ1) is 29.6. The Morgan fingerprint density at radius 2 is 1.94 bits per heavy atom. The molecule has 0 spiro atoms. The molecule has 1 aromatic heterocycles. The lowest BCUT2D eigenvalue weighted by Gasteiger charge is -2.40. The summed E-state index contributed by atoms with van der Waals surface area (Å²) in [5.74, 6) is -0.778. The maximum Gasteiger partial charge on any atom is 0.312 e. The van der Waals surface area contributed by atoms with Crippen LogP contribution in [-0.2, 0) is 9.53 Å². The molecule has 0 saturated carbocycles. The molecular weight excluding hydrogens is 445 g/mol. The molecule has 0 amide bonds. The Labute approximate surface area is 211 Å². The quantitative estimate of drug-likeness (QED) is 0.303. The minimum atomic E-state index is -1.45. The summed E-state index contributed by atoms with van der Waals surface area (Å²) in [6, 6.07) is 5.66. The number of carbonyl (C=O) groups is 1. The van der Waals surface area contributed by atoms with Gasteiger partial charge in [-0.25, -0.2) is 4.98 Å². The van der Waals surface area contributed by atoms with E-state index in [9.17, 15) is 20.1 Å². The molecule has 0 aliphatic carbocycles. The molecule has 8 nitrogen and oxygen atoms in total. The molecule has 2 heterocycles. The Balaban J connectivity index is 2.36. The van der Waals surface area contributed by atoms with Gasteiger partial charge in [-0.3, -0.25) is 4.79 Å². The summed E-state index contributed by atoms with van der Waals surface area (Å²) in [6.07, 6.45) is 0.847. The SMILES string of the molecule is Bc1cccc(NC[C@]2(O)C(C)C(=O)O[C@H](CC)[C@@H](O)C[C@@H](C)NC[C@H](C)C[C@H](CO)C[C@H]2C)n1. The van der Waals surface area contributed by atoms with Crippen LogP contribution in [-0.4, -0.2) is 77.7 Å². The Hall–Kier alpha value is -1.68. The highest BCUT2D eigenvalue weighted by atomic mass is 16.6. The number of nitrogens with one attached hydrogen (secondary N) is 2. The Morgan fingerprint density at radius 1 is 1.23 bits per heavy atom. The molecule has 1 fully saturated rings. The van der Waals surface area contributed by atoms with Gasteiger partial charge in [0, 0.05) is 19.2 Å². The number of ether oxygens (including phenoxy) is 1. The Morgan fingerprint density at radius 3 is 2.57 bits per heavy atom. The van der Waals surface area contributed by atoms with Crippen molar-refractivity contribution in [2.45, 2.75) is 84.2 Å². The van der Waals surface area contributed by atoms with Crippen LogP contribution in [0.5, 0.6) is 0 Å². The molecule has 1 unspecified atom stereocenters. The van der Waals surface area contributed by atoms with Crippen LogP contribution >= 0.6 is 0 Å². The van der Waals surface area contributed by atoms with E-state index >= 15 is 0 Å². The molecule has 1 aliphatic rings. The molecule has 1 aromatic rings. The number of nitrogens with zero attached hydrogens (tertiary/aromatic N) is 1. The zero-order valence-electron chi connectivity index (χ0n) is 22.3. The van der Waals surface area contributed by atoms with Crippen molar-refractivity contribution < 1.29 is 24.9 Å². The van der Waals surface area contributed by atoms with E-state index in [4.69, 9.17) is 4.74 Å². The van der Waals surface area contributed by atoms with Crippen LogP contribution in [0.1, 0.15) is 60.3 Å². The molecule has 1 aliphatic heterocycles. The molecule has 9 heteroatoms. The van der Waals surface area contributed by atoms with Crippen LogP contribution in [0.4, 0.5) is 5.82 Å². The summed E-state index contributed by atoms with van der Waals surface area (Å²) >= 11 is 0. The largest absolute Gasteiger partial charge is 0.459 e. The molecule has 0 radical (unpaired) electrons. The molecule has 8 atom stereocenters. The van der Waals surface area contributed by atoms with Crippen LogP contribution in [0.25, 0.3) is 0 Å². The minimum Gasteiger partial charge on any atom is -0.459 e. The van der Waals surface area contributed by atoms with E-state index in [1.807, 2.05) is 46.8 Å². The van der Waals surface area contributed by atoms with E-state index in [-0.39, 0.29) is 31.0 Å². The summed E-state index contributed by atoms with van der Waals surface area (Å²) in [5, 5.41) is 39.5. The third kappa shape index (κ3) is 8.45. The van der Waals surface area contributed by atoms with Crippen LogP contribution < -0.4 is 16.2 Å². The van der Waals surface area contributed by atoms with Crippen molar-refractivity contribution in [2.24, 2.45) is 23.7 Å². The van der Waals surface area contributed by atoms with Crippen LogP contribution in [0.3, 0.4) is 0 Å². The number of anilines is 1. The van der Waals surface area contributed by atoms with Gasteiger partial charge in [-0.2, -0.15) is 0 Å². The number of carbonyl (C=O) groups excluding carboxylic acids is 1. The third-order valence-corrected chi connectivity index (χ3v) is 7.59. The second kappa shape index (κ2) is 13.6. The maximum atomic E-state index is 13.3. The number of aliphatic hydroxyl groups excluding tert-OH is 2. The van der Waals surface area contributed by atoms with Gasteiger partial charge in [0.25, 0.3) is 0 Å². The molecule has 0 bridgehead atoms. The lowest BCUT2D eigenvalue weighted by atomic mass is 9.73. The highest BCUT2D eigenvalue weighted by Crippen LogP contribution is 2.34. The van der Waals surface area contributed by atoms with Gasteiger partial charge in [-0.05, 0) is 75.5 Å². The summed E-state index contributed by atoms with van der Waals surface area (Å²) in [7, 11) is 1.89. The summed E-state index contributed by atoms with van der Waals surface area (Å²) in [6.45, 7) is 10.5. The standard InChI is InChI=1S/C26H46BN3O5/c1-6-22-21(32)12-18(4)28-13-16(2)10-20(14-31)11-17(3)26(34,19(5)25(33)35-22)15-29-24-9-7-8-23(27)30-24/h7-9,16-22,28,31-32,34H,6,10-15,27H2,1-5H3,(H,29,30)/t16-,17-,18-,19?,20+,21+,22-,26-/m1/s1. The van der Waals surface area contributed by atoms with Crippen molar-refractivity contribution in [1.82, 2.24) is 10.3 Å². The predicted molar refractivity (Wildman–Crippen MR) is 141 cm³/mol. The van der Waals surface area contributed by atoms with Gasteiger partial charge in [0.2, 0.25) is 0 Å². The highest BCUT2D eigenvalue weighted by Gasteiger charge is 2.45. The first-order chi connectivity index (χ1) is 16.5. The number of rotatable bonds is 5. The average Bonchev–Trinajstić information content (AvgIpc) is 2.82. The van der Waals surface area contributed by atoms with E-state index in [1.54, 1.807) is 6.92 Å². The first-order valence-corrected chi connectivity index (χ1v) is 13.1. The van der Waals surface area contributed by atoms with Crippen molar-refractivity contribution in [3.8, 4) is 0 Å². The number of hydrogen-bond donors (Lipinski definition) is 5. The van der Waals surface area contributed by atoms with Gasteiger partial charge < -0.3 is 30.7 Å². The van der Waals surface area contributed by atoms with Crippen molar-refractivity contribution >= 4 is 25.2 Å². The normalized spacial score (nSPS) is 36.0. The maximum absolute atomic E-state index is 13.3. The second-order valence-electron chi connectivity index (χ2n) is 10.8. The summed E-state index contributed by atoms with van der Waals surface area (Å²) < 4.78 is 5.77. The van der Waals surface area contributed by atoms with E-state index in [0.29, 0.717) is 31.0 Å². The molecular formula is C26H46BN3O5. The van der Waals surface area contributed by atoms with Crippen LogP contribution in [0.2, 0.25) is 0 Å². The third-order valence-electron chi connectivity index (χ3n) is 7.59. The van der Waals surface area contributed by atoms with Gasteiger partial charge >= 0.3 is 5.97 Å². The predicted octanol–water partition coefficient (Wildman–Crippen LogP) is 0.845. The number of pyridine rings is 1. The number of esters is 1. The lowest BCUT2D eigenvalue weighted by Crippen LogP contribution is -2.53. The first-order valence-electron chi connectivity index (χ1n) is 13.1.